The van der Waals surface area contributed by atoms with Crippen molar-refractivity contribution in [1.29, 1.82) is 0 Å². The minimum atomic E-state index is -0.932. The molecule has 9 nitrogen and oxygen atoms in total. The number of imidazole rings is 2. The van der Waals surface area contributed by atoms with Gasteiger partial charge in [0.15, 0.2) is 0 Å². The van der Waals surface area contributed by atoms with E-state index in [4.69, 9.17) is 10.2 Å². The van der Waals surface area contributed by atoms with Crippen LogP contribution in [0.3, 0.4) is 0 Å². The van der Waals surface area contributed by atoms with Gasteiger partial charge in [0.2, 0.25) is 0 Å². The van der Waals surface area contributed by atoms with Crippen molar-refractivity contribution in [2.45, 2.75) is 35.9 Å². The molecule has 11 heteroatoms. The van der Waals surface area contributed by atoms with E-state index in [1.807, 2.05) is 0 Å². The normalized spacial score (nSPS) is 13.5. The smallest absolute Gasteiger partial charge is 0.321 e. The van der Waals surface area contributed by atoms with E-state index < -0.39 is 23.9 Å². The molecule has 2 atom stereocenters. The average Bonchev–Trinajstić information content (AvgIpc) is 3.19. The average molecular weight is 385 g/mol. The number of nitrogens with zero attached hydrogens (tertiary/aromatic N) is 2. The number of aromatic amines is 2. The van der Waals surface area contributed by atoms with E-state index in [0.717, 1.165) is 11.4 Å². The zero-order valence-corrected chi connectivity index (χ0v) is 15.3. The Morgan fingerprint density at radius 2 is 1.60 bits per heavy atom. The van der Waals surface area contributed by atoms with Gasteiger partial charge in [0.05, 0.1) is 30.0 Å². The number of hydrogen-bond donors (Lipinski definition) is 5. The monoisotopic (exact) mass is 385 g/mol. The van der Waals surface area contributed by atoms with Crippen molar-refractivity contribution in [2.75, 3.05) is 7.05 Å². The lowest BCUT2D eigenvalue weighted by atomic mass is 10.1. The Morgan fingerprint density at radius 3 is 2.04 bits per heavy atom. The van der Waals surface area contributed by atoms with Crippen LogP contribution in [-0.2, 0) is 22.4 Å². The number of hydrogen-bond acceptors (Lipinski definition) is 7. The first kappa shape index (κ1) is 19.3. The highest BCUT2D eigenvalue weighted by Gasteiger charge is 2.20. The first-order valence-electron chi connectivity index (χ1n) is 7.44. The van der Waals surface area contributed by atoms with Gasteiger partial charge in [-0.2, -0.15) is 0 Å². The molecule has 0 aliphatic rings. The van der Waals surface area contributed by atoms with Gasteiger partial charge in [-0.25, -0.2) is 9.97 Å². The summed E-state index contributed by atoms with van der Waals surface area (Å²) in [6.45, 7) is 1.64. The number of likely N-dealkylation sites (N-methyl/N-ethyl adjacent to an activating group) is 1. The minimum absolute atomic E-state index is 0.276. The largest absolute Gasteiger partial charge is 0.481 e. The summed E-state index contributed by atoms with van der Waals surface area (Å²) >= 11 is 0. The van der Waals surface area contributed by atoms with Crippen molar-refractivity contribution in [1.82, 2.24) is 25.3 Å². The fraction of sp³-hybridized carbons (Fsp3) is 0.429. The Balaban J connectivity index is 2.01. The Morgan fingerprint density at radius 1 is 1.08 bits per heavy atom. The van der Waals surface area contributed by atoms with Gasteiger partial charge in [-0.15, -0.1) is 0 Å². The summed E-state index contributed by atoms with van der Waals surface area (Å²) < 4.78 is 0. The second kappa shape index (κ2) is 8.92. The van der Waals surface area contributed by atoms with E-state index in [0.29, 0.717) is 16.5 Å². The van der Waals surface area contributed by atoms with Gasteiger partial charge in [-0.1, -0.05) is 6.92 Å². The zero-order chi connectivity index (χ0) is 18.4. The van der Waals surface area contributed by atoms with E-state index in [9.17, 15) is 9.59 Å². The van der Waals surface area contributed by atoms with Crippen LogP contribution in [0.2, 0.25) is 0 Å². The molecule has 0 spiro atoms. The highest BCUT2D eigenvalue weighted by Crippen LogP contribution is 2.38. The second-order valence-corrected chi connectivity index (χ2v) is 7.47. The summed E-state index contributed by atoms with van der Waals surface area (Å²) in [5, 5.41) is 22.3. The molecule has 5 N–H and O–H groups in total. The van der Waals surface area contributed by atoms with Crippen LogP contribution in [0, 0.1) is 5.92 Å². The van der Waals surface area contributed by atoms with Gasteiger partial charge in [-0.3, -0.25) is 9.59 Å². The van der Waals surface area contributed by atoms with Gasteiger partial charge in [0.25, 0.3) is 0 Å². The Bertz CT molecular complexity index is 732. The molecule has 0 bridgehead atoms. The first-order chi connectivity index (χ1) is 11.9. The summed E-state index contributed by atoms with van der Waals surface area (Å²) in [6.07, 6.45) is 3.68. The van der Waals surface area contributed by atoms with E-state index >= 15 is 0 Å². The molecule has 0 unspecified atom stereocenters. The fourth-order valence-electron chi connectivity index (χ4n) is 2.04. The van der Waals surface area contributed by atoms with Crippen LogP contribution in [0.15, 0.2) is 22.7 Å². The minimum Gasteiger partial charge on any atom is -0.481 e. The van der Waals surface area contributed by atoms with E-state index in [2.05, 4.69) is 25.3 Å². The maximum absolute atomic E-state index is 11.1. The third-order valence-corrected chi connectivity index (χ3v) is 5.84. The highest BCUT2D eigenvalue weighted by atomic mass is 33.1. The van der Waals surface area contributed by atoms with Gasteiger partial charge in [0, 0.05) is 12.8 Å². The Labute approximate surface area is 151 Å². The van der Waals surface area contributed by atoms with Crippen molar-refractivity contribution in [3.05, 3.63) is 24.0 Å². The number of carbonyl (C=O) groups is 2. The van der Waals surface area contributed by atoms with Crippen LogP contribution in [0.5, 0.6) is 0 Å². The van der Waals surface area contributed by atoms with Crippen LogP contribution in [-0.4, -0.2) is 55.2 Å². The van der Waals surface area contributed by atoms with Crippen LogP contribution in [0.25, 0.3) is 0 Å². The maximum atomic E-state index is 11.1. The van der Waals surface area contributed by atoms with Crippen LogP contribution in [0.1, 0.15) is 18.3 Å². The molecule has 2 rings (SSSR count). The van der Waals surface area contributed by atoms with Gasteiger partial charge < -0.3 is 25.5 Å². The Hall–Kier alpha value is -1.98. The highest BCUT2D eigenvalue weighted by molar-refractivity contribution is 8.76. The molecule has 0 amide bonds. The molecule has 2 aromatic rings. The lowest BCUT2D eigenvalue weighted by molar-refractivity contribution is -0.141. The maximum Gasteiger partial charge on any atom is 0.321 e. The molecule has 0 aromatic carbocycles. The molecule has 0 radical (unpaired) electrons. The molecule has 2 aromatic heterocycles. The van der Waals surface area contributed by atoms with Crippen LogP contribution in [0.4, 0.5) is 0 Å². The van der Waals surface area contributed by atoms with E-state index in [1.54, 1.807) is 14.0 Å². The molecule has 0 fully saturated rings. The Kier molecular flexibility index (Phi) is 6.91. The number of nitrogens with one attached hydrogen (secondary N) is 3. The van der Waals surface area contributed by atoms with Crippen molar-refractivity contribution < 1.29 is 19.8 Å². The summed E-state index contributed by atoms with van der Waals surface area (Å²) in [5.41, 5.74) is 1.47. The summed E-state index contributed by atoms with van der Waals surface area (Å²) in [7, 11) is 4.30. The van der Waals surface area contributed by atoms with Gasteiger partial charge in [-0.05, 0) is 28.6 Å². The quantitative estimate of drug-likeness (QED) is 0.383. The van der Waals surface area contributed by atoms with Crippen LogP contribution >= 0.6 is 21.6 Å². The third-order valence-electron chi connectivity index (χ3n) is 3.54. The fourth-order valence-corrected chi connectivity index (χ4v) is 4.21. The standard InChI is InChI=1S/C14H19N5O4S2/c1-7(13(20)21)3-8-11(18-5-16-8)24-25-12-9(17-6-19-12)4-10(15-2)14(22)23/h5-7,10,15H,3-4H2,1-2H3,(H,16,18)(H,17,19)(H,20,21)(H,22,23)/t7-,10-/m0/s1. The SMILES string of the molecule is CN[C@@H](Cc1[nH]cnc1SSc1nc[nH]c1C[C@H](C)C(=O)O)C(=O)O. The first-order valence-corrected chi connectivity index (χ1v) is 9.59. The molecule has 0 aliphatic heterocycles. The molecule has 0 aliphatic carbocycles. The van der Waals surface area contributed by atoms with Crippen molar-refractivity contribution in [3.8, 4) is 0 Å². The summed E-state index contributed by atoms with van der Waals surface area (Å²) in [4.78, 5) is 36.5. The molecule has 0 saturated carbocycles. The molecular weight excluding hydrogens is 366 g/mol. The molecule has 2 heterocycles. The van der Waals surface area contributed by atoms with Crippen molar-refractivity contribution in [2.24, 2.45) is 5.92 Å². The lowest BCUT2D eigenvalue weighted by Crippen LogP contribution is -2.36. The predicted octanol–water partition coefficient (Wildman–Crippen LogP) is 1.41. The predicted molar refractivity (Wildman–Crippen MR) is 93.6 cm³/mol. The zero-order valence-electron chi connectivity index (χ0n) is 13.6. The van der Waals surface area contributed by atoms with E-state index in [1.165, 1.54) is 34.2 Å². The number of carboxylic acids is 2. The summed E-state index contributed by atoms with van der Waals surface area (Å²) in [6, 6.07) is -0.706. The third kappa shape index (κ3) is 5.25. The van der Waals surface area contributed by atoms with Crippen molar-refractivity contribution >= 4 is 33.5 Å². The lowest BCUT2D eigenvalue weighted by Gasteiger charge is -2.10. The number of aliphatic carboxylic acids is 2. The van der Waals surface area contributed by atoms with Gasteiger partial charge >= 0.3 is 11.9 Å². The van der Waals surface area contributed by atoms with Gasteiger partial charge in [0.1, 0.15) is 16.1 Å². The van der Waals surface area contributed by atoms with Crippen molar-refractivity contribution in [3.63, 3.8) is 0 Å². The topological polar surface area (TPSA) is 144 Å². The van der Waals surface area contributed by atoms with E-state index in [-0.39, 0.29) is 6.42 Å². The molecule has 0 saturated heterocycles. The number of rotatable bonds is 10. The number of aromatic nitrogens is 4. The second-order valence-electron chi connectivity index (χ2n) is 5.37. The molecular formula is C14H19N5O4S2. The summed E-state index contributed by atoms with van der Waals surface area (Å²) in [5.74, 6) is -2.31. The number of H-pyrrole nitrogens is 2. The molecule has 136 valence electrons. The molecule has 25 heavy (non-hydrogen) atoms. The number of carboxylic acid groups (broad SMARTS) is 2. The van der Waals surface area contributed by atoms with Crippen LogP contribution < -0.4 is 5.32 Å².